The van der Waals surface area contributed by atoms with E-state index in [0.717, 1.165) is 45.3 Å². The average molecular weight is 1310 g/mol. The summed E-state index contributed by atoms with van der Waals surface area (Å²) in [5.41, 5.74) is 4.84. The lowest BCUT2D eigenvalue weighted by Gasteiger charge is -2.45. The van der Waals surface area contributed by atoms with E-state index in [-0.39, 0.29) is 80.8 Å². The second-order valence-corrected chi connectivity index (χ2v) is 27.5. The van der Waals surface area contributed by atoms with Gasteiger partial charge in [-0.3, -0.25) is 18.6 Å². The van der Waals surface area contributed by atoms with Crippen molar-refractivity contribution < 1.29 is 62.8 Å². The molecule has 0 bridgehead atoms. The Morgan fingerprint density at radius 3 is 1.29 bits per heavy atom. The van der Waals surface area contributed by atoms with Crippen molar-refractivity contribution in [3.05, 3.63) is 179 Å². The fourth-order valence-electron chi connectivity index (χ4n) is 12.5. The maximum atomic E-state index is 14.2. The molecule has 476 valence electrons. The molecule has 6 heterocycles. The van der Waals surface area contributed by atoms with Crippen LogP contribution in [0.2, 0.25) is 0 Å². The molecule has 0 N–H and O–H groups in total. The molecule has 0 radical (unpaired) electrons. The normalized spacial score (nSPS) is 20.2. The summed E-state index contributed by atoms with van der Waals surface area (Å²) in [5.74, 6) is 2.30. The molecule has 6 atom stereocenters. The summed E-state index contributed by atoms with van der Waals surface area (Å²) in [7, 11) is -2.13. The molecule has 12 rings (SSSR count). The second-order valence-electron chi connectivity index (χ2n) is 22.2. The molecule has 4 aliphatic rings. The topological polar surface area (TPSA) is 188 Å². The monoisotopic (exact) mass is 1310 g/mol. The predicted octanol–water partition coefficient (Wildman–Crippen LogP) is 12.7. The third-order valence-electron chi connectivity index (χ3n) is 17.2. The number of alkyl halides is 2. The maximum Gasteiger partial charge on any atom is 0.266 e. The van der Waals surface area contributed by atoms with Crippen LogP contribution in [0.25, 0.3) is 0 Å². The number of piperidine rings is 2. The Kier molecular flexibility index (Phi) is 20.1. The summed E-state index contributed by atoms with van der Waals surface area (Å²) in [5, 5.41) is 0.421. The zero-order chi connectivity index (χ0) is 63.1. The molecule has 90 heavy (non-hydrogen) atoms. The molecular formula is C64H68F4N8O10S4. The standard InChI is InChI=1S/2C32H34F2N4O5S2/c2*1-41-25-8-5-23(30(16-25)42-2)19-38(32-35-20-36-44-32)45(39,40)26-9-10-27-28(12-14-43-31(27)17-26)37-13-11-21(18-33)15-29(37)22-3-6-24(34)7-4-22/h2*3-10,16-17,20-21,28-29H,11-15,18-19H2,1-2H3/t21-,28+,29+;21-,28-,29+/m11/s1. The van der Waals surface area contributed by atoms with Crippen LogP contribution < -0.4 is 37.0 Å². The van der Waals surface area contributed by atoms with E-state index >= 15 is 0 Å². The molecule has 0 spiro atoms. The molecule has 26 heteroatoms. The Labute approximate surface area is 529 Å². The zero-order valence-electron chi connectivity index (χ0n) is 49.9. The fourth-order valence-corrected chi connectivity index (χ4v) is 16.8. The van der Waals surface area contributed by atoms with Crippen LogP contribution in [0.15, 0.2) is 144 Å². The highest BCUT2D eigenvalue weighted by atomic mass is 32.2. The van der Waals surface area contributed by atoms with Gasteiger partial charge in [0.25, 0.3) is 20.0 Å². The lowest BCUT2D eigenvalue weighted by Crippen LogP contribution is -2.41. The molecule has 0 saturated carbocycles. The van der Waals surface area contributed by atoms with Gasteiger partial charge < -0.3 is 28.4 Å². The second kappa shape index (κ2) is 28.3. The lowest BCUT2D eigenvalue weighted by molar-refractivity contribution is 0.0394. The maximum absolute atomic E-state index is 14.2. The van der Waals surface area contributed by atoms with Gasteiger partial charge in [-0.15, -0.1) is 0 Å². The molecule has 0 unspecified atom stereocenters. The number of likely N-dealkylation sites (tertiary alicyclic amines) is 2. The Morgan fingerprint density at radius 1 is 0.522 bits per heavy atom. The van der Waals surface area contributed by atoms with Gasteiger partial charge in [0.05, 0.1) is 77.9 Å². The summed E-state index contributed by atoms with van der Waals surface area (Å²) in [6.45, 7) is 1.22. The predicted molar refractivity (Wildman–Crippen MR) is 333 cm³/mol. The van der Waals surface area contributed by atoms with E-state index in [0.29, 0.717) is 110 Å². The van der Waals surface area contributed by atoms with Gasteiger partial charge in [-0.25, -0.2) is 44.2 Å². The largest absolute Gasteiger partial charge is 0.497 e. The summed E-state index contributed by atoms with van der Waals surface area (Å²) in [4.78, 5) is 13.2. The summed E-state index contributed by atoms with van der Waals surface area (Å²) >= 11 is 1.95. The van der Waals surface area contributed by atoms with Gasteiger partial charge in [-0.1, -0.05) is 36.4 Å². The van der Waals surface area contributed by atoms with Crippen LogP contribution in [0, 0.1) is 23.5 Å². The first-order chi connectivity index (χ1) is 43.6. The first kappa shape index (κ1) is 63.9. The first-order valence-electron chi connectivity index (χ1n) is 29.3. The quantitative estimate of drug-likeness (QED) is 0.0655. The zero-order valence-corrected chi connectivity index (χ0v) is 53.1. The number of hydrogen-bond donors (Lipinski definition) is 0. The van der Waals surface area contributed by atoms with Crippen LogP contribution in [0.5, 0.6) is 34.5 Å². The number of methoxy groups -OCH3 is 4. The third-order valence-corrected chi connectivity index (χ3v) is 22.2. The van der Waals surface area contributed by atoms with Gasteiger partial charge in [0.2, 0.25) is 10.3 Å². The van der Waals surface area contributed by atoms with Crippen molar-refractivity contribution in [3.63, 3.8) is 0 Å². The summed E-state index contributed by atoms with van der Waals surface area (Å²) < 4.78 is 156. The van der Waals surface area contributed by atoms with Crippen molar-refractivity contribution in [2.24, 2.45) is 11.8 Å². The molecule has 0 aliphatic carbocycles. The van der Waals surface area contributed by atoms with Gasteiger partial charge in [0.15, 0.2) is 0 Å². The van der Waals surface area contributed by atoms with Crippen LogP contribution in [0.3, 0.4) is 0 Å². The summed E-state index contributed by atoms with van der Waals surface area (Å²) in [6, 6.07) is 32.8. The molecule has 4 aliphatic heterocycles. The molecule has 2 saturated heterocycles. The van der Waals surface area contributed by atoms with E-state index in [2.05, 4.69) is 28.5 Å². The van der Waals surface area contributed by atoms with Gasteiger partial charge >= 0.3 is 0 Å². The number of nitrogens with zero attached hydrogens (tertiary/aromatic N) is 8. The Morgan fingerprint density at radius 2 is 0.933 bits per heavy atom. The smallest absolute Gasteiger partial charge is 0.266 e. The molecular weight excluding hydrogens is 1250 g/mol. The lowest BCUT2D eigenvalue weighted by atomic mass is 9.85. The van der Waals surface area contributed by atoms with E-state index in [4.69, 9.17) is 28.4 Å². The van der Waals surface area contributed by atoms with Crippen LogP contribution in [-0.4, -0.2) is 113 Å². The number of benzene rings is 6. The first-order valence-corrected chi connectivity index (χ1v) is 33.8. The third kappa shape index (κ3) is 13.7. The van der Waals surface area contributed by atoms with E-state index in [1.165, 1.54) is 59.8 Å². The number of fused-ring (bicyclic) bond motifs is 2. The number of hydrogen-bond acceptors (Lipinski definition) is 18. The molecule has 0 amide bonds. The minimum absolute atomic E-state index is 0.0475. The van der Waals surface area contributed by atoms with Crippen LogP contribution in [0.4, 0.5) is 27.8 Å². The highest BCUT2D eigenvalue weighted by Crippen LogP contribution is 2.48. The molecule has 6 aromatic carbocycles. The van der Waals surface area contributed by atoms with E-state index in [1.54, 1.807) is 111 Å². The minimum atomic E-state index is -4.12. The fraction of sp³-hybridized carbons (Fsp3) is 0.375. The molecule has 2 fully saturated rings. The number of halogens is 4. The van der Waals surface area contributed by atoms with Crippen molar-refractivity contribution in [1.82, 2.24) is 28.5 Å². The van der Waals surface area contributed by atoms with Crippen molar-refractivity contribution in [2.75, 3.05) is 76.7 Å². The minimum Gasteiger partial charge on any atom is -0.497 e. The number of rotatable bonds is 20. The van der Waals surface area contributed by atoms with Crippen molar-refractivity contribution in [2.45, 2.75) is 85.6 Å². The Balaban J connectivity index is 0.000000185. The average Bonchev–Trinajstić information content (AvgIpc) is 1.18. The SMILES string of the molecule is COc1ccc(CN(c2ncns2)S(=O)(=O)c2ccc3c(c2)OCC[C@@H]3N2CC[C@@H](CF)C[C@H]2c2ccc(F)cc2)c(OC)c1.COc1ccc(CN(c2ncns2)S(=O)(=O)c2ccc3c(c2)OCC[C@H]3N2CC[C@@H](CF)C[C@H]2c2ccc(F)cc2)c(OC)c1. The molecule has 8 aromatic rings. The Hall–Kier alpha value is -7.62. The van der Waals surface area contributed by atoms with E-state index in [1.807, 2.05) is 0 Å². The molecule has 18 nitrogen and oxygen atoms in total. The van der Waals surface area contributed by atoms with Crippen molar-refractivity contribution in [3.8, 4) is 34.5 Å². The molecule has 2 aromatic heterocycles. The van der Waals surface area contributed by atoms with Gasteiger partial charge in [0.1, 0.15) is 58.8 Å². The van der Waals surface area contributed by atoms with Crippen LogP contribution >= 0.6 is 23.1 Å². The number of sulfonamides is 2. The van der Waals surface area contributed by atoms with Crippen molar-refractivity contribution in [1.29, 1.82) is 0 Å². The van der Waals surface area contributed by atoms with Crippen LogP contribution in [0.1, 0.15) is 96.1 Å². The van der Waals surface area contributed by atoms with Gasteiger partial charge in [0, 0.05) is 107 Å². The number of aromatic nitrogens is 4. The van der Waals surface area contributed by atoms with Gasteiger partial charge in [-0.2, -0.15) is 8.75 Å². The van der Waals surface area contributed by atoms with Crippen molar-refractivity contribution >= 4 is 53.4 Å². The highest BCUT2D eigenvalue weighted by Gasteiger charge is 2.41. The van der Waals surface area contributed by atoms with Crippen LogP contribution in [-0.2, 0) is 33.1 Å². The Bertz CT molecular complexity index is 3700. The van der Waals surface area contributed by atoms with E-state index in [9.17, 15) is 34.4 Å². The summed E-state index contributed by atoms with van der Waals surface area (Å²) in [6.07, 6.45) is 6.66. The number of anilines is 2. The highest BCUT2D eigenvalue weighted by molar-refractivity contribution is 7.93. The van der Waals surface area contributed by atoms with Gasteiger partial charge in [-0.05, 0) is 122 Å². The van der Waals surface area contributed by atoms with E-state index < -0.39 is 33.4 Å². The number of ether oxygens (including phenoxy) is 6.